The summed E-state index contributed by atoms with van der Waals surface area (Å²) in [6.45, 7) is 5.67. The molecule has 5 nitrogen and oxygen atoms in total. The Morgan fingerprint density at radius 1 is 1.30 bits per heavy atom. The van der Waals surface area contributed by atoms with E-state index in [0.29, 0.717) is 23.9 Å². The van der Waals surface area contributed by atoms with Crippen LogP contribution in [-0.2, 0) is 10.8 Å². The number of fused-ring (bicyclic) bond motifs is 1. The number of para-hydroxylation sites is 1. The lowest BCUT2D eigenvalue weighted by Gasteiger charge is -2.41. The topological polar surface area (TPSA) is 62.3 Å². The van der Waals surface area contributed by atoms with Crippen molar-refractivity contribution < 1.29 is 9.00 Å². The van der Waals surface area contributed by atoms with Crippen molar-refractivity contribution in [3.8, 4) is 0 Å². The summed E-state index contributed by atoms with van der Waals surface area (Å²) in [4.78, 5) is 19.9. The maximum absolute atomic E-state index is 12.8. The van der Waals surface area contributed by atoms with Crippen LogP contribution in [0.1, 0.15) is 49.9 Å². The molecule has 2 heterocycles. The van der Waals surface area contributed by atoms with Crippen molar-refractivity contribution in [3.05, 3.63) is 35.9 Å². The van der Waals surface area contributed by atoms with Gasteiger partial charge in [0.25, 0.3) is 5.91 Å². The Labute approximate surface area is 163 Å². The molecular weight excluding hydrogens is 358 g/mol. The standard InChI is InChI=1S/C21H27N3O2S/c1-3-21(4-2)14-24(11-12-27(21)26)19-13-17(20(25)22-15-9-10-15)16-7-5-6-8-18(16)23-19/h5-8,13,15H,3-4,9-12,14H2,1-2H3,(H,22,25). The second-order valence-corrected chi connectivity index (χ2v) is 9.62. The van der Waals surface area contributed by atoms with E-state index in [9.17, 15) is 9.00 Å². The Hall–Kier alpha value is -1.95. The Balaban J connectivity index is 1.73. The van der Waals surface area contributed by atoms with Gasteiger partial charge in [0.15, 0.2) is 0 Å². The monoisotopic (exact) mass is 385 g/mol. The molecule has 2 aliphatic rings. The lowest BCUT2D eigenvalue weighted by atomic mass is 10.0. The molecule has 6 heteroatoms. The van der Waals surface area contributed by atoms with Gasteiger partial charge >= 0.3 is 0 Å². The molecular formula is C21H27N3O2S. The molecule has 1 N–H and O–H groups in total. The Kier molecular flexibility index (Phi) is 4.93. The lowest BCUT2D eigenvalue weighted by molar-refractivity contribution is 0.0952. The molecule has 2 aromatic rings. The fourth-order valence-electron chi connectivity index (χ4n) is 3.90. The summed E-state index contributed by atoms with van der Waals surface area (Å²) in [7, 11) is -0.821. The average molecular weight is 386 g/mol. The van der Waals surface area contributed by atoms with E-state index in [2.05, 4.69) is 24.1 Å². The summed E-state index contributed by atoms with van der Waals surface area (Å²) in [5.41, 5.74) is 1.52. The molecule has 1 aliphatic carbocycles. The van der Waals surface area contributed by atoms with Crippen molar-refractivity contribution in [3.63, 3.8) is 0 Å². The zero-order valence-corrected chi connectivity index (χ0v) is 16.8. The highest BCUT2D eigenvalue weighted by molar-refractivity contribution is 7.86. The number of anilines is 1. The second kappa shape index (κ2) is 7.23. The number of aromatic nitrogens is 1. The van der Waals surface area contributed by atoms with Gasteiger partial charge in [0, 0.05) is 41.1 Å². The van der Waals surface area contributed by atoms with Crippen LogP contribution < -0.4 is 10.2 Å². The summed E-state index contributed by atoms with van der Waals surface area (Å²) >= 11 is 0. The predicted molar refractivity (Wildman–Crippen MR) is 111 cm³/mol. The van der Waals surface area contributed by atoms with E-state index >= 15 is 0 Å². The van der Waals surface area contributed by atoms with Crippen LogP contribution in [0.4, 0.5) is 5.82 Å². The molecule has 1 aliphatic heterocycles. The first-order valence-corrected chi connectivity index (χ1v) is 11.2. The van der Waals surface area contributed by atoms with Crippen LogP contribution in [0.15, 0.2) is 30.3 Å². The third kappa shape index (κ3) is 3.47. The highest BCUT2D eigenvalue weighted by atomic mass is 32.2. The van der Waals surface area contributed by atoms with Gasteiger partial charge < -0.3 is 10.2 Å². The Bertz CT molecular complexity index is 890. The number of amides is 1. The first-order chi connectivity index (χ1) is 13.1. The third-order valence-corrected chi connectivity index (χ3v) is 8.21. The second-order valence-electron chi connectivity index (χ2n) is 7.65. The molecule has 0 spiro atoms. The Morgan fingerprint density at radius 2 is 2.04 bits per heavy atom. The molecule has 1 aromatic heterocycles. The van der Waals surface area contributed by atoms with Crippen LogP contribution in [0.3, 0.4) is 0 Å². The number of benzene rings is 1. The van der Waals surface area contributed by atoms with Crippen LogP contribution in [-0.4, -0.2) is 44.7 Å². The van der Waals surface area contributed by atoms with Crippen LogP contribution in [0.25, 0.3) is 10.9 Å². The van der Waals surface area contributed by atoms with E-state index in [1.165, 1.54) is 0 Å². The smallest absolute Gasteiger partial charge is 0.252 e. The van der Waals surface area contributed by atoms with Crippen molar-refractivity contribution in [2.45, 2.75) is 50.3 Å². The largest absolute Gasteiger partial charge is 0.354 e. The van der Waals surface area contributed by atoms with Crippen LogP contribution >= 0.6 is 0 Å². The van der Waals surface area contributed by atoms with Gasteiger partial charge in [-0.05, 0) is 37.8 Å². The number of hydrogen-bond donors (Lipinski definition) is 1. The molecule has 1 aromatic carbocycles. The first kappa shape index (κ1) is 18.4. The maximum Gasteiger partial charge on any atom is 0.252 e. The van der Waals surface area contributed by atoms with E-state index < -0.39 is 10.8 Å². The van der Waals surface area contributed by atoms with Gasteiger partial charge in [0.05, 0.1) is 15.8 Å². The Morgan fingerprint density at radius 3 is 2.74 bits per heavy atom. The highest BCUT2D eigenvalue weighted by Gasteiger charge is 2.39. The van der Waals surface area contributed by atoms with Crippen molar-refractivity contribution in [2.24, 2.45) is 0 Å². The first-order valence-electron chi connectivity index (χ1n) is 9.90. The number of nitrogens with zero attached hydrogens (tertiary/aromatic N) is 2. The molecule has 1 atom stereocenters. The van der Waals surface area contributed by atoms with Crippen molar-refractivity contribution >= 4 is 33.4 Å². The number of hydrogen-bond acceptors (Lipinski definition) is 4. The van der Waals surface area contributed by atoms with E-state index in [0.717, 1.165) is 48.9 Å². The number of carbonyl (C=O) groups is 1. The molecule has 2 fully saturated rings. The van der Waals surface area contributed by atoms with E-state index in [1.807, 2.05) is 30.3 Å². The van der Waals surface area contributed by atoms with Crippen molar-refractivity contribution in [1.29, 1.82) is 0 Å². The molecule has 1 saturated heterocycles. The number of carbonyl (C=O) groups excluding carboxylic acids is 1. The van der Waals surface area contributed by atoms with Crippen molar-refractivity contribution in [1.82, 2.24) is 10.3 Å². The zero-order valence-electron chi connectivity index (χ0n) is 16.0. The van der Waals surface area contributed by atoms with Gasteiger partial charge in [0.2, 0.25) is 0 Å². The van der Waals surface area contributed by atoms with Gasteiger partial charge in [-0.1, -0.05) is 32.0 Å². The molecule has 0 bridgehead atoms. The maximum atomic E-state index is 12.8. The van der Waals surface area contributed by atoms with Gasteiger partial charge in [-0.25, -0.2) is 4.98 Å². The molecule has 27 heavy (non-hydrogen) atoms. The number of nitrogens with one attached hydrogen (secondary N) is 1. The summed E-state index contributed by atoms with van der Waals surface area (Å²) in [6, 6.07) is 10.1. The van der Waals surface area contributed by atoms with Gasteiger partial charge in [-0.15, -0.1) is 0 Å². The fourth-order valence-corrected chi connectivity index (χ4v) is 5.66. The lowest BCUT2D eigenvalue weighted by Crippen LogP contribution is -2.53. The van der Waals surface area contributed by atoms with Gasteiger partial charge in [-0.3, -0.25) is 9.00 Å². The SMILES string of the molecule is CCC1(CC)CN(c2cc(C(=O)NC3CC3)c3ccccc3n2)CCS1=O. The minimum absolute atomic E-state index is 0.0183. The summed E-state index contributed by atoms with van der Waals surface area (Å²) < 4.78 is 12.5. The average Bonchev–Trinajstić information content (AvgIpc) is 3.51. The van der Waals surface area contributed by atoms with E-state index in [4.69, 9.17) is 4.98 Å². The van der Waals surface area contributed by atoms with Crippen LogP contribution in [0, 0.1) is 0 Å². The summed E-state index contributed by atoms with van der Waals surface area (Å²) in [5, 5.41) is 3.99. The highest BCUT2D eigenvalue weighted by Crippen LogP contribution is 2.32. The number of rotatable bonds is 5. The quantitative estimate of drug-likeness (QED) is 0.858. The summed E-state index contributed by atoms with van der Waals surface area (Å²) in [6.07, 6.45) is 3.90. The normalized spacial score (nSPS) is 22.0. The fraction of sp³-hybridized carbons (Fsp3) is 0.524. The predicted octanol–water partition coefficient (Wildman–Crippen LogP) is 3.25. The van der Waals surface area contributed by atoms with E-state index in [-0.39, 0.29) is 10.7 Å². The van der Waals surface area contributed by atoms with Gasteiger partial charge in [0.1, 0.15) is 5.82 Å². The van der Waals surface area contributed by atoms with Crippen molar-refractivity contribution in [2.75, 3.05) is 23.7 Å². The molecule has 1 unspecified atom stereocenters. The zero-order chi connectivity index (χ0) is 19.0. The summed E-state index contributed by atoms with van der Waals surface area (Å²) in [5.74, 6) is 1.45. The molecule has 144 valence electrons. The van der Waals surface area contributed by atoms with Crippen LogP contribution in [0.2, 0.25) is 0 Å². The van der Waals surface area contributed by atoms with Gasteiger partial charge in [-0.2, -0.15) is 0 Å². The molecule has 1 amide bonds. The minimum Gasteiger partial charge on any atom is -0.354 e. The minimum atomic E-state index is -0.821. The number of pyridine rings is 1. The van der Waals surface area contributed by atoms with Crippen LogP contribution in [0.5, 0.6) is 0 Å². The van der Waals surface area contributed by atoms with E-state index in [1.54, 1.807) is 0 Å². The molecule has 4 rings (SSSR count). The molecule has 1 saturated carbocycles. The third-order valence-electron chi connectivity index (χ3n) is 5.98. The molecule has 0 radical (unpaired) electrons.